The van der Waals surface area contributed by atoms with Crippen LogP contribution in [0.1, 0.15) is 290 Å². The van der Waals surface area contributed by atoms with E-state index in [2.05, 4.69) is 67.8 Å². The summed E-state index contributed by atoms with van der Waals surface area (Å²) in [5, 5.41) is 54.4. The number of nitrogens with one attached hydrogen (secondary N) is 1. The highest BCUT2D eigenvalue weighted by molar-refractivity contribution is 5.76. The Hall–Kier alpha value is -2.64. The second-order valence-corrected chi connectivity index (χ2v) is 22.5. The van der Waals surface area contributed by atoms with Crippen LogP contribution >= 0.6 is 0 Å². The average molecular weight is 1100 g/mol. The standard InChI is InChI=1S/C67H121NO10/c1-3-5-7-9-11-13-15-16-31-35-39-43-47-51-55-63(72)76-56-52-48-44-40-36-32-29-27-25-23-21-19-17-18-20-22-24-26-28-30-34-38-42-46-50-54-62(71)68-59(58-77-67-66(75)65(74)64(73)61(57-69)78-67)60(70)53-49-45-41-37-33-14-12-10-8-6-4-2/h9,11,15-16,18-21,49,53,59-61,64-67,69-70,73-75H,3-8,10,12-14,17,22-48,50-52,54-58H2,1-2H3,(H,68,71)/b11-9-,16-15-,20-18-,21-19-,53-49+. The number of amides is 1. The molecular formula is C67H121NO10. The molecule has 0 radical (unpaired) electrons. The third-order valence-electron chi connectivity index (χ3n) is 15.1. The van der Waals surface area contributed by atoms with Gasteiger partial charge in [0, 0.05) is 12.8 Å². The fourth-order valence-corrected chi connectivity index (χ4v) is 9.89. The highest BCUT2D eigenvalue weighted by atomic mass is 16.7. The van der Waals surface area contributed by atoms with Crippen molar-refractivity contribution in [2.45, 2.75) is 333 Å². The molecule has 0 aromatic carbocycles. The van der Waals surface area contributed by atoms with Gasteiger partial charge in [0.1, 0.15) is 24.4 Å². The normalized spacial score (nSPS) is 18.9. The van der Waals surface area contributed by atoms with Gasteiger partial charge in [0.15, 0.2) is 6.29 Å². The van der Waals surface area contributed by atoms with Crippen molar-refractivity contribution in [1.82, 2.24) is 5.32 Å². The van der Waals surface area contributed by atoms with Crippen LogP contribution in [0.4, 0.5) is 0 Å². The Labute approximate surface area is 478 Å². The van der Waals surface area contributed by atoms with Gasteiger partial charge in [0.05, 0.1) is 32.0 Å². The summed E-state index contributed by atoms with van der Waals surface area (Å²) in [5.41, 5.74) is 0. The van der Waals surface area contributed by atoms with Gasteiger partial charge in [-0.1, -0.05) is 248 Å². The number of carbonyl (C=O) groups excluding carboxylic acids is 2. The second-order valence-electron chi connectivity index (χ2n) is 22.5. The summed E-state index contributed by atoms with van der Waals surface area (Å²) in [7, 11) is 0. The SMILES string of the molecule is CCCC/C=C\C/C=C\CCCCCCCC(=O)OCCCCCCCCCCC/C=C\C/C=C\CCCCCCCCCCCC(=O)NC(COC1OC(CO)C(O)C(O)C1O)C(O)/C=C/CCCCCCCCCCC. The zero-order chi connectivity index (χ0) is 56.6. The van der Waals surface area contributed by atoms with Gasteiger partial charge < -0.3 is 45.1 Å². The van der Waals surface area contributed by atoms with Crippen molar-refractivity contribution in [2.75, 3.05) is 19.8 Å². The number of allylic oxidation sites excluding steroid dienone is 9. The summed E-state index contributed by atoms with van der Waals surface area (Å²) in [6.07, 6.45) is 63.3. The van der Waals surface area contributed by atoms with Crippen LogP contribution in [0, 0.1) is 0 Å². The number of unbranched alkanes of at least 4 members (excludes halogenated alkanes) is 34. The minimum absolute atomic E-state index is 0.0168. The number of esters is 1. The minimum atomic E-state index is -1.57. The van der Waals surface area contributed by atoms with Gasteiger partial charge in [-0.25, -0.2) is 0 Å². The van der Waals surface area contributed by atoms with Gasteiger partial charge in [0.2, 0.25) is 5.91 Å². The lowest BCUT2D eigenvalue weighted by Gasteiger charge is -2.40. The van der Waals surface area contributed by atoms with E-state index in [1.54, 1.807) is 6.08 Å². The first-order valence-corrected chi connectivity index (χ1v) is 32.6. The third-order valence-corrected chi connectivity index (χ3v) is 15.1. The topological polar surface area (TPSA) is 175 Å². The van der Waals surface area contributed by atoms with E-state index in [-0.39, 0.29) is 18.5 Å². The summed E-state index contributed by atoms with van der Waals surface area (Å²) in [5.74, 6) is -0.206. The second kappa shape index (κ2) is 56.2. The molecular weight excluding hydrogens is 979 g/mol. The highest BCUT2D eigenvalue weighted by Crippen LogP contribution is 2.23. The van der Waals surface area contributed by atoms with Crippen molar-refractivity contribution in [3.63, 3.8) is 0 Å². The Morgan fingerprint density at radius 1 is 0.474 bits per heavy atom. The summed E-state index contributed by atoms with van der Waals surface area (Å²) < 4.78 is 16.7. The number of ether oxygens (including phenoxy) is 3. The lowest BCUT2D eigenvalue weighted by molar-refractivity contribution is -0.302. The summed E-state index contributed by atoms with van der Waals surface area (Å²) in [4.78, 5) is 25.1. The molecule has 0 aromatic rings. The zero-order valence-corrected chi connectivity index (χ0v) is 50.1. The first-order valence-electron chi connectivity index (χ1n) is 32.6. The molecule has 1 amide bonds. The van der Waals surface area contributed by atoms with E-state index in [0.29, 0.717) is 19.4 Å². The van der Waals surface area contributed by atoms with Crippen molar-refractivity contribution in [2.24, 2.45) is 0 Å². The summed E-state index contributed by atoms with van der Waals surface area (Å²) in [6, 6.07) is -0.815. The third kappa shape index (κ3) is 45.0. The van der Waals surface area contributed by atoms with Crippen molar-refractivity contribution >= 4 is 11.9 Å². The molecule has 454 valence electrons. The van der Waals surface area contributed by atoms with Crippen LogP contribution in [-0.4, -0.2) is 100 Å². The average Bonchev–Trinajstić information content (AvgIpc) is 3.45. The molecule has 11 heteroatoms. The Kier molecular flexibility index (Phi) is 52.9. The number of carbonyl (C=O) groups is 2. The first-order chi connectivity index (χ1) is 38.2. The van der Waals surface area contributed by atoms with E-state index in [0.717, 1.165) is 96.3 Å². The minimum Gasteiger partial charge on any atom is -0.466 e. The molecule has 1 saturated heterocycles. The molecule has 1 fully saturated rings. The Morgan fingerprint density at radius 3 is 1.33 bits per heavy atom. The van der Waals surface area contributed by atoms with Crippen molar-refractivity contribution < 1.29 is 49.3 Å². The number of aliphatic hydroxyl groups excluding tert-OH is 5. The zero-order valence-electron chi connectivity index (χ0n) is 50.1. The molecule has 1 aliphatic heterocycles. The van der Waals surface area contributed by atoms with Crippen LogP contribution in [0.15, 0.2) is 60.8 Å². The Balaban J connectivity index is 2.02. The van der Waals surface area contributed by atoms with E-state index in [1.807, 2.05) is 6.08 Å². The van der Waals surface area contributed by atoms with Crippen LogP contribution in [-0.2, 0) is 23.8 Å². The molecule has 1 heterocycles. The molecule has 7 unspecified atom stereocenters. The predicted molar refractivity (Wildman–Crippen MR) is 324 cm³/mol. The van der Waals surface area contributed by atoms with Gasteiger partial charge in [-0.3, -0.25) is 9.59 Å². The molecule has 6 N–H and O–H groups in total. The van der Waals surface area contributed by atoms with Gasteiger partial charge in [-0.05, 0) is 89.9 Å². The van der Waals surface area contributed by atoms with Crippen molar-refractivity contribution in [3.8, 4) is 0 Å². The highest BCUT2D eigenvalue weighted by Gasteiger charge is 2.44. The quantitative estimate of drug-likeness (QED) is 0.0195. The maximum Gasteiger partial charge on any atom is 0.305 e. The van der Waals surface area contributed by atoms with Gasteiger partial charge in [0.25, 0.3) is 0 Å². The number of hydrogen-bond acceptors (Lipinski definition) is 10. The molecule has 0 aliphatic carbocycles. The van der Waals surface area contributed by atoms with E-state index in [4.69, 9.17) is 14.2 Å². The van der Waals surface area contributed by atoms with Gasteiger partial charge >= 0.3 is 5.97 Å². The summed E-state index contributed by atoms with van der Waals surface area (Å²) in [6.45, 7) is 4.28. The number of aliphatic hydroxyl groups is 5. The monoisotopic (exact) mass is 1100 g/mol. The maximum absolute atomic E-state index is 13.0. The Bertz CT molecular complexity index is 1480. The summed E-state index contributed by atoms with van der Waals surface area (Å²) >= 11 is 0. The van der Waals surface area contributed by atoms with Crippen LogP contribution in [0.2, 0.25) is 0 Å². The number of rotatable bonds is 56. The van der Waals surface area contributed by atoms with E-state index in [9.17, 15) is 35.1 Å². The molecule has 7 atom stereocenters. The molecule has 0 saturated carbocycles. The molecule has 11 nitrogen and oxygen atoms in total. The van der Waals surface area contributed by atoms with Gasteiger partial charge in [-0.2, -0.15) is 0 Å². The van der Waals surface area contributed by atoms with Crippen molar-refractivity contribution in [3.05, 3.63) is 60.8 Å². The molecule has 1 rings (SSSR count). The fourth-order valence-electron chi connectivity index (χ4n) is 9.89. The maximum atomic E-state index is 13.0. The lowest BCUT2D eigenvalue weighted by atomic mass is 9.99. The van der Waals surface area contributed by atoms with Crippen LogP contribution < -0.4 is 5.32 Å². The van der Waals surface area contributed by atoms with Crippen LogP contribution in [0.5, 0.6) is 0 Å². The van der Waals surface area contributed by atoms with E-state index < -0.39 is 49.5 Å². The first kappa shape index (κ1) is 73.4. The van der Waals surface area contributed by atoms with Crippen LogP contribution in [0.25, 0.3) is 0 Å². The van der Waals surface area contributed by atoms with Gasteiger partial charge in [-0.15, -0.1) is 0 Å². The molecule has 0 bridgehead atoms. The molecule has 0 aromatic heterocycles. The lowest BCUT2D eigenvalue weighted by Crippen LogP contribution is -2.60. The smallest absolute Gasteiger partial charge is 0.305 e. The Morgan fingerprint density at radius 2 is 0.872 bits per heavy atom. The van der Waals surface area contributed by atoms with Crippen LogP contribution in [0.3, 0.4) is 0 Å². The van der Waals surface area contributed by atoms with Crippen molar-refractivity contribution in [1.29, 1.82) is 0 Å². The van der Waals surface area contributed by atoms with E-state index in [1.165, 1.54) is 167 Å². The molecule has 78 heavy (non-hydrogen) atoms. The largest absolute Gasteiger partial charge is 0.466 e. The predicted octanol–water partition coefficient (Wildman–Crippen LogP) is 15.8. The fraction of sp³-hybridized carbons (Fsp3) is 0.821. The number of hydrogen-bond donors (Lipinski definition) is 6. The van der Waals surface area contributed by atoms with E-state index >= 15 is 0 Å². The molecule has 0 spiro atoms. The molecule has 1 aliphatic rings.